The van der Waals surface area contributed by atoms with E-state index < -0.39 is 10.0 Å². The van der Waals surface area contributed by atoms with Crippen LogP contribution in [0.5, 0.6) is 0 Å². The smallest absolute Gasteiger partial charge is 0.245 e. The van der Waals surface area contributed by atoms with E-state index in [2.05, 4.69) is 5.32 Å². The third kappa shape index (κ3) is 4.76. The quantitative estimate of drug-likeness (QED) is 0.843. The Morgan fingerprint density at radius 2 is 1.58 bits per heavy atom. The van der Waals surface area contributed by atoms with Crippen molar-refractivity contribution in [2.75, 3.05) is 41.4 Å². The van der Waals surface area contributed by atoms with Crippen molar-refractivity contribution in [3.05, 3.63) is 53.6 Å². The fourth-order valence-electron chi connectivity index (χ4n) is 2.52. The Hall–Kier alpha value is -2.54. The Morgan fingerprint density at radius 3 is 2.12 bits per heavy atom. The van der Waals surface area contributed by atoms with Gasteiger partial charge in [0.25, 0.3) is 0 Å². The van der Waals surface area contributed by atoms with Crippen LogP contribution in [0.15, 0.2) is 42.5 Å². The minimum absolute atomic E-state index is 0.284. The number of rotatable bonds is 6. The van der Waals surface area contributed by atoms with Gasteiger partial charge in [0.1, 0.15) is 6.54 Å². The zero-order valence-corrected chi connectivity index (χ0v) is 16.6. The number of hydrogen-bond acceptors (Lipinski definition) is 4. The number of anilines is 3. The first kappa shape index (κ1) is 19.8. The van der Waals surface area contributed by atoms with Crippen LogP contribution in [0.1, 0.15) is 11.1 Å². The number of sulfonamides is 1. The van der Waals surface area contributed by atoms with E-state index in [-0.39, 0.29) is 12.5 Å². The lowest BCUT2D eigenvalue weighted by molar-refractivity contribution is -0.114. The molecule has 0 saturated carbocycles. The maximum Gasteiger partial charge on any atom is 0.245 e. The Morgan fingerprint density at radius 1 is 1.00 bits per heavy atom. The molecule has 0 atom stereocenters. The molecule has 0 radical (unpaired) electrons. The van der Waals surface area contributed by atoms with Crippen molar-refractivity contribution >= 4 is 33.0 Å². The van der Waals surface area contributed by atoms with Crippen molar-refractivity contribution in [2.45, 2.75) is 13.8 Å². The van der Waals surface area contributed by atoms with E-state index in [0.717, 1.165) is 27.4 Å². The minimum atomic E-state index is -3.60. The van der Waals surface area contributed by atoms with Crippen LogP contribution >= 0.6 is 0 Å². The highest BCUT2D eigenvalue weighted by molar-refractivity contribution is 7.92. The van der Waals surface area contributed by atoms with E-state index in [1.54, 1.807) is 18.2 Å². The second-order valence-electron chi connectivity index (χ2n) is 6.48. The van der Waals surface area contributed by atoms with Gasteiger partial charge in [-0.15, -0.1) is 0 Å². The highest BCUT2D eigenvalue weighted by atomic mass is 32.2. The van der Waals surface area contributed by atoms with E-state index in [1.165, 1.54) is 0 Å². The van der Waals surface area contributed by atoms with E-state index in [9.17, 15) is 13.2 Å². The third-order valence-corrected chi connectivity index (χ3v) is 5.36. The molecule has 0 aliphatic carbocycles. The van der Waals surface area contributed by atoms with Crippen LogP contribution in [-0.4, -0.2) is 41.2 Å². The van der Waals surface area contributed by atoms with Crippen LogP contribution in [0.25, 0.3) is 0 Å². The summed E-state index contributed by atoms with van der Waals surface area (Å²) >= 11 is 0. The Labute approximate surface area is 155 Å². The second-order valence-corrected chi connectivity index (χ2v) is 8.38. The van der Waals surface area contributed by atoms with Gasteiger partial charge in [0.2, 0.25) is 15.9 Å². The van der Waals surface area contributed by atoms with Gasteiger partial charge in [-0.3, -0.25) is 9.10 Å². The second kappa shape index (κ2) is 7.78. The highest BCUT2D eigenvalue weighted by Crippen LogP contribution is 2.22. The average molecular weight is 375 g/mol. The predicted octanol–water partition coefficient (Wildman–Crippen LogP) is 2.77. The van der Waals surface area contributed by atoms with E-state index >= 15 is 0 Å². The monoisotopic (exact) mass is 375 g/mol. The summed E-state index contributed by atoms with van der Waals surface area (Å²) in [7, 11) is 0.210. The molecular formula is C19H25N3O3S. The molecule has 0 fully saturated rings. The van der Waals surface area contributed by atoms with Gasteiger partial charge in [-0.05, 0) is 55.3 Å². The molecule has 0 aromatic heterocycles. The Bertz CT molecular complexity index is 891. The first-order chi connectivity index (χ1) is 12.1. The molecule has 140 valence electrons. The molecule has 0 saturated heterocycles. The number of benzene rings is 2. The maximum atomic E-state index is 12.5. The topological polar surface area (TPSA) is 69.7 Å². The van der Waals surface area contributed by atoms with Gasteiger partial charge in [-0.2, -0.15) is 0 Å². The van der Waals surface area contributed by atoms with Crippen LogP contribution in [0.3, 0.4) is 0 Å². The molecule has 0 bridgehead atoms. The molecule has 0 aliphatic heterocycles. The first-order valence-electron chi connectivity index (χ1n) is 8.21. The number of nitrogens with one attached hydrogen (secondary N) is 1. The minimum Gasteiger partial charge on any atom is -0.378 e. The summed E-state index contributed by atoms with van der Waals surface area (Å²) in [6.07, 6.45) is 1.10. The lowest BCUT2D eigenvalue weighted by Gasteiger charge is -2.23. The number of amides is 1. The number of hydrogen-bond donors (Lipinski definition) is 1. The van der Waals surface area contributed by atoms with Gasteiger partial charge in [-0.1, -0.05) is 12.1 Å². The van der Waals surface area contributed by atoms with E-state index in [4.69, 9.17) is 0 Å². The summed E-state index contributed by atoms with van der Waals surface area (Å²) in [6, 6.07) is 12.6. The first-order valence-corrected chi connectivity index (χ1v) is 10.1. The molecule has 1 amide bonds. The highest BCUT2D eigenvalue weighted by Gasteiger charge is 2.21. The predicted molar refractivity (Wildman–Crippen MR) is 108 cm³/mol. The molecule has 7 heteroatoms. The fourth-order valence-corrected chi connectivity index (χ4v) is 3.38. The summed E-state index contributed by atoms with van der Waals surface area (Å²) in [5, 5.41) is 2.80. The van der Waals surface area contributed by atoms with E-state index in [0.29, 0.717) is 11.4 Å². The van der Waals surface area contributed by atoms with Crippen LogP contribution in [-0.2, 0) is 14.8 Å². The zero-order valence-electron chi connectivity index (χ0n) is 15.8. The van der Waals surface area contributed by atoms with Gasteiger partial charge in [0.15, 0.2) is 0 Å². The van der Waals surface area contributed by atoms with Crippen molar-refractivity contribution in [1.29, 1.82) is 0 Å². The fraction of sp³-hybridized carbons (Fsp3) is 0.316. The summed E-state index contributed by atoms with van der Waals surface area (Å²) in [4.78, 5) is 14.4. The van der Waals surface area contributed by atoms with Gasteiger partial charge >= 0.3 is 0 Å². The number of carbonyl (C=O) groups excluding carboxylic acids is 1. The summed E-state index contributed by atoms with van der Waals surface area (Å²) in [6.45, 7) is 3.59. The van der Waals surface area contributed by atoms with Crippen LogP contribution in [0, 0.1) is 13.8 Å². The molecule has 6 nitrogen and oxygen atoms in total. The molecule has 0 unspecified atom stereocenters. The van der Waals surface area contributed by atoms with Gasteiger partial charge < -0.3 is 10.2 Å². The molecule has 2 aromatic rings. The number of carbonyl (C=O) groups is 1. The van der Waals surface area contributed by atoms with Gasteiger partial charge in [-0.25, -0.2) is 8.42 Å². The maximum absolute atomic E-state index is 12.5. The third-order valence-electron chi connectivity index (χ3n) is 4.22. The molecule has 0 spiro atoms. The van der Waals surface area contributed by atoms with Crippen LogP contribution in [0.4, 0.5) is 17.1 Å². The van der Waals surface area contributed by atoms with Gasteiger partial charge in [0, 0.05) is 25.5 Å². The largest absolute Gasteiger partial charge is 0.378 e. The number of nitrogens with zero attached hydrogens (tertiary/aromatic N) is 2. The molecule has 1 N–H and O–H groups in total. The summed E-state index contributed by atoms with van der Waals surface area (Å²) < 4.78 is 25.5. The number of aryl methyl sites for hydroxylation is 1. The lowest BCUT2D eigenvalue weighted by Crippen LogP contribution is -2.37. The Balaban J connectivity index is 2.23. The van der Waals surface area contributed by atoms with Crippen LogP contribution in [0.2, 0.25) is 0 Å². The van der Waals surface area contributed by atoms with Crippen molar-refractivity contribution in [3.63, 3.8) is 0 Å². The SMILES string of the molecule is Cc1cccc(NC(=O)CN(c2ccc(N(C)C)cc2)S(C)(=O)=O)c1C. The molecule has 0 heterocycles. The van der Waals surface area contributed by atoms with Crippen molar-refractivity contribution in [3.8, 4) is 0 Å². The molecule has 2 aromatic carbocycles. The van der Waals surface area contributed by atoms with E-state index in [1.807, 2.05) is 57.1 Å². The summed E-state index contributed by atoms with van der Waals surface area (Å²) in [5.74, 6) is -0.388. The molecule has 0 aliphatic rings. The van der Waals surface area contributed by atoms with Crippen molar-refractivity contribution in [1.82, 2.24) is 0 Å². The lowest BCUT2D eigenvalue weighted by atomic mass is 10.1. The molecular weight excluding hydrogens is 350 g/mol. The van der Waals surface area contributed by atoms with Gasteiger partial charge in [0.05, 0.1) is 11.9 Å². The average Bonchev–Trinajstić information content (AvgIpc) is 2.56. The molecule has 2 rings (SSSR count). The summed E-state index contributed by atoms with van der Waals surface area (Å²) in [5.41, 5.74) is 4.10. The standard InChI is InChI=1S/C19H25N3O3S/c1-14-7-6-8-18(15(14)2)20-19(23)13-22(26(5,24)25)17-11-9-16(10-12-17)21(3)4/h6-12H,13H2,1-5H3,(H,20,23). The molecule has 26 heavy (non-hydrogen) atoms. The normalized spacial score (nSPS) is 11.1. The van der Waals surface area contributed by atoms with Crippen molar-refractivity contribution in [2.24, 2.45) is 0 Å². The van der Waals surface area contributed by atoms with Crippen molar-refractivity contribution < 1.29 is 13.2 Å². The van der Waals surface area contributed by atoms with Crippen LogP contribution < -0.4 is 14.5 Å². The zero-order chi connectivity index (χ0) is 19.5. The Kier molecular flexibility index (Phi) is 5.92.